The van der Waals surface area contributed by atoms with Gasteiger partial charge in [-0.05, 0) is 54.8 Å². The zero-order valence-corrected chi connectivity index (χ0v) is 28.0. The van der Waals surface area contributed by atoms with Crippen molar-refractivity contribution in [1.82, 2.24) is 10.6 Å². The van der Waals surface area contributed by atoms with Gasteiger partial charge < -0.3 is 25.4 Å². The number of ether oxygens (including phenoxy) is 1. The number of nitrogens with one attached hydrogen (secondary N) is 2. The zero-order valence-electron chi connectivity index (χ0n) is 26.4. The third kappa shape index (κ3) is 9.46. The van der Waals surface area contributed by atoms with Crippen molar-refractivity contribution in [3.8, 4) is 11.5 Å². The number of para-hydroxylation sites is 1. The number of hydrogen-bond acceptors (Lipinski definition) is 9. The van der Waals surface area contributed by atoms with E-state index in [1.54, 1.807) is 12.1 Å². The first-order chi connectivity index (χ1) is 22.3. The minimum atomic E-state index is -4.33. The van der Waals surface area contributed by atoms with E-state index in [-0.39, 0.29) is 22.1 Å². The summed E-state index contributed by atoms with van der Waals surface area (Å²) in [6.45, 7) is 3.66. The average molecular weight is 688 g/mol. The molecule has 1 heterocycles. The third-order valence-electron chi connectivity index (χ3n) is 8.25. The Balaban J connectivity index is 1.57. The molecule has 3 aromatic rings. The molecule has 0 bridgehead atoms. The van der Waals surface area contributed by atoms with E-state index in [2.05, 4.69) is 17.6 Å². The van der Waals surface area contributed by atoms with Crippen molar-refractivity contribution < 1.29 is 40.8 Å². The molecule has 4 N–H and O–H groups in total. The molecule has 14 heteroatoms. The number of carbonyl (C=O) groups excluding carboxylic acids is 2. The Bertz CT molecular complexity index is 1770. The molecule has 2 amide bonds. The molecule has 254 valence electrons. The summed E-state index contributed by atoms with van der Waals surface area (Å²) in [5.74, 6) is -2.16. The molecular weight excluding hydrogens is 647 g/mol. The van der Waals surface area contributed by atoms with E-state index in [0.717, 1.165) is 24.9 Å². The van der Waals surface area contributed by atoms with Crippen molar-refractivity contribution in [3.05, 3.63) is 78.4 Å². The fourth-order valence-corrected chi connectivity index (χ4v) is 8.21. The van der Waals surface area contributed by atoms with Crippen LogP contribution in [0, 0.1) is 5.41 Å². The lowest BCUT2D eigenvalue weighted by atomic mass is 9.81. The van der Waals surface area contributed by atoms with Gasteiger partial charge in [0.2, 0.25) is 5.91 Å². The summed E-state index contributed by atoms with van der Waals surface area (Å²) in [7, 11) is -8.10. The Morgan fingerprint density at radius 2 is 1.74 bits per heavy atom. The number of sulfone groups is 1. The number of benzene rings is 3. The van der Waals surface area contributed by atoms with Crippen LogP contribution in [0.4, 0.5) is 11.4 Å². The van der Waals surface area contributed by atoms with E-state index in [1.807, 2.05) is 42.2 Å². The maximum Gasteiger partial charge on any atom is 0.266 e. The zero-order chi connectivity index (χ0) is 34.2. The molecule has 0 saturated carbocycles. The van der Waals surface area contributed by atoms with Gasteiger partial charge in [0.15, 0.2) is 16.4 Å². The van der Waals surface area contributed by atoms with E-state index in [0.29, 0.717) is 24.2 Å². The molecule has 1 unspecified atom stereocenters. The molecule has 47 heavy (non-hydrogen) atoms. The summed E-state index contributed by atoms with van der Waals surface area (Å²) in [6, 6.07) is 18.5. The number of fused-ring (bicyclic) bond motifs is 1. The molecule has 0 aromatic heterocycles. The van der Waals surface area contributed by atoms with Gasteiger partial charge in [0.25, 0.3) is 16.0 Å². The van der Waals surface area contributed by atoms with E-state index >= 15 is 0 Å². The number of unbranched alkanes of at least 4 members (excludes halogenated alkanes) is 1. The van der Waals surface area contributed by atoms with Crippen LogP contribution in [-0.2, 0) is 29.5 Å². The second-order valence-corrected chi connectivity index (χ2v) is 15.3. The van der Waals surface area contributed by atoms with Crippen LogP contribution < -0.4 is 20.3 Å². The number of aromatic hydroxyl groups is 1. The van der Waals surface area contributed by atoms with E-state index in [4.69, 9.17) is 9.29 Å². The highest BCUT2D eigenvalue weighted by Crippen LogP contribution is 2.45. The number of hydrogen-bond donors (Lipinski definition) is 4. The highest BCUT2D eigenvalue weighted by Gasteiger charge is 2.41. The van der Waals surface area contributed by atoms with E-state index in [9.17, 15) is 31.5 Å². The maximum atomic E-state index is 14.0. The third-order valence-corrected chi connectivity index (χ3v) is 11.0. The Kier molecular flexibility index (Phi) is 11.5. The molecular formula is C33H41N3O9S2. The Labute approximate surface area is 275 Å². The lowest BCUT2D eigenvalue weighted by molar-refractivity contribution is -0.130. The van der Waals surface area contributed by atoms with Crippen molar-refractivity contribution in [3.63, 3.8) is 0 Å². The van der Waals surface area contributed by atoms with Crippen molar-refractivity contribution in [2.75, 3.05) is 36.1 Å². The predicted octanol–water partition coefficient (Wildman–Crippen LogP) is 4.14. The van der Waals surface area contributed by atoms with Crippen LogP contribution in [0.15, 0.2) is 77.7 Å². The quantitative estimate of drug-likeness (QED) is 0.180. The number of anilines is 2. The molecule has 2 atom stereocenters. The topological polar surface area (TPSA) is 179 Å². The number of amides is 2. The molecule has 0 saturated heterocycles. The summed E-state index contributed by atoms with van der Waals surface area (Å²) in [5, 5.41) is 14.5. The second-order valence-electron chi connectivity index (χ2n) is 11.7. The van der Waals surface area contributed by atoms with E-state index < -0.39 is 62.1 Å². The molecule has 3 aromatic carbocycles. The summed E-state index contributed by atoms with van der Waals surface area (Å²) in [6.07, 6.45) is 3.28. The minimum Gasteiger partial charge on any atom is -0.508 e. The fourth-order valence-electron chi connectivity index (χ4n) is 5.66. The van der Waals surface area contributed by atoms with Gasteiger partial charge in [-0.15, -0.1) is 0 Å². The van der Waals surface area contributed by atoms with Gasteiger partial charge in [0, 0.05) is 30.3 Å². The first-order valence-electron chi connectivity index (χ1n) is 15.4. The molecule has 1 aliphatic rings. The largest absolute Gasteiger partial charge is 0.508 e. The van der Waals surface area contributed by atoms with Gasteiger partial charge in [-0.2, -0.15) is 8.42 Å². The maximum absolute atomic E-state index is 14.0. The monoisotopic (exact) mass is 687 g/mol. The van der Waals surface area contributed by atoms with Crippen LogP contribution in [0.5, 0.6) is 11.5 Å². The molecule has 1 aliphatic heterocycles. The molecule has 0 fully saturated rings. The van der Waals surface area contributed by atoms with Crippen molar-refractivity contribution in [2.24, 2.45) is 5.41 Å². The molecule has 12 nitrogen and oxygen atoms in total. The second kappa shape index (κ2) is 15.2. The molecule has 4 rings (SSSR count). The average Bonchev–Trinajstić information content (AvgIpc) is 3.13. The number of nitrogens with zero attached hydrogens (tertiary/aromatic N) is 1. The highest BCUT2D eigenvalue weighted by molar-refractivity contribution is 7.91. The molecule has 0 spiro atoms. The smallest absolute Gasteiger partial charge is 0.266 e. The lowest BCUT2D eigenvalue weighted by Crippen LogP contribution is -2.43. The summed E-state index contributed by atoms with van der Waals surface area (Å²) in [4.78, 5) is 28.1. The van der Waals surface area contributed by atoms with Crippen molar-refractivity contribution in [1.29, 1.82) is 0 Å². The normalized spacial score (nSPS) is 18.0. The Morgan fingerprint density at radius 3 is 2.38 bits per heavy atom. The molecule has 0 radical (unpaired) electrons. The van der Waals surface area contributed by atoms with Crippen molar-refractivity contribution >= 4 is 43.1 Å². The molecule has 0 aliphatic carbocycles. The van der Waals surface area contributed by atoms with Crippen LogP contribution in [-0.4, -0.2) is 69.5 Å². The van der Waals surface area contributed by atoms with Gasteiger partial charge in [-0.3, -0.25) is 14.1 Å². The van der Waals surface area contributed by atoms with Crippen LogP contribution in [0.1, 0.15) is 51.1 Å². The number of carbonyl (C=O) groups is 2. The summed E-state index contributed by atoms with van der Waals surface area (Å²) in [5.41, 5.74) is 1.20. The summed E-state index contributed by atoms with van der Waals surface area (Å²) < 4.78 is 64.8. The first kappa shape index (κ1) is 35.7. The van der Waals surface area contributed by atoms with Crippen LogP contribution in [0.3, 0.4) is 0 Å². The van der Waals surface area contributed by atoms with Gasteiger partial charge in [0.1, 0.15) is 17.5 Å². The van der Waals surface area contributed by atoms with Crippen LogP contribution >= 0.6 is 0 Å². The van der Waals surface area contributed by atoms with Crippen LogP contribution in [0.25, 0.3) is 0 Å². The fraction of sp³-hybridized carbons (Fsp3) is 0.394. The Hall–Kier alpha value is -4.14. The van der Waals surface area contributed by atoms with Gasteiger partial charge in [-0.1, -0.05) is 57.0 Å². The van der Waals surface area contributed by atoms with Gasteiger partial charge in [0.05, 0.1) is 22.1 Å². The minimum absolute atomic E-state index is 0.0300. The van der Waals surface area contributed by atoms with Crippen LogP contribution in [0.2, 0.25) is 0 Å². The van der Waals surface area contributed by atoms with Crippen molar-refractivity contribution in [2.45, 2.75) is 50.5 Å². The first-order valence-corrected chi connectivity index (χ1v) is 18.7. The van der Waals surface area contributed by atoms with E-state index in [1.165, 1.54) is 30.3 Å². The lowest BCUT2D eigenvalue weighted by Gasteiger charge is -2.36. The van der Waals surface area contributed by atoms with Gasteiger partial charge in [-0.25, -0.2) is 8.42 Å². The number of phenols is 1. The number of phenolic OH excluding ortho intramolecular Hbond substituents is 1. The standard InChI is InChI=1S/C33H41N3O9S2/c1-3-5-17-33(4-2)22-36(25-9-7-6-8-10-25)28-16-15-27(20-29(28)46(40,41)23-33)45-21-30(38)35-31(24-11-13-26(37)14-12-24)32(39)34-18-19-47(42,43)44/h6-16,20,31,37H,3-5,17-19,21-23H2,1-2H3,(H,34,39)(H,35,38)(H,42,43,44)/t31-,33?/m1/s1. The van der Waals surface area contributed by atoms with Gasteiger partial charge >= 0.3 is 0 Å². The number of rotatable bonds is 14. The SMILES string of the molecule is CCCCC1(CC)CN(c2ccccc2)c2ccc(OCC(=O)N[C@@H](C(=O)NCCS(=O)(=O)O)c3ccc(O)cc3)cc2S(=O)(=O)C1. The predicted molar refractivity (Wildman–Crippen MR) is 178 cm³/mol. The Morgan fingerprint density at radius 1 is 1.04 bits per heavy atom. The summed E-state index contributed by atoms with van der Waals surface area (Å²) >= 11 is 0. The highest BCUT2D eigenvalue weighted by atomic mass is 32.2.